The van der Waals surface area contributed by atoms with Crippen molar-refractivity contribution in [3.63, 3.8) is 0 Å². The first-order valence-electron chi connectivity index (χ1n) is 7.56. The van der Waals surface area contributed by atoms with E-state index < -0.39 is 0 Å². The molecule has 2 rings (SSSR count). The standard InChI is InChI=1S/C15H28N4/c1-5-19-9-6-7-14(8-10-19)16-11-15-12(2)17-18(4)13(15)3/h14,16H,5-11H2,1-4H3. The second kappa shape index (κ2) is 6.53. The maximum Gasteiger partial charge on any atom is 0.0641 e. The number of likely N-dealkylation sites (tertiary alicyclic amines) is 1. The summed E-state index contributed by atoms with van der Waals surface area (Å²) in [7, 11) is 2.02. The van der Waals surface area contributed by atoms with Crippen molar-refractivity contribution < 1.29 is 0 Å². The molecule has 1 aromatic rings. The van der Waals surface area contributed by atoms with Crippen LogP contribution in [0.2, 0.25) is 0 Å². The maximum absolute atomic E-state index is 4.49. The van der Waals surface area contributed by atoms with Crippen LogP contribution in [0.3, 0.4) is 0 Å². The monoisotopic (exact) mass is 264 g/mol. The van der Waals surface area contributed by atoms with Crippen LogP contribution in [0.15, 0.2) is 0 Å². The van der Waals surface area contributed by atoms with Crippen LogP contribution < -0.4 is 5.32 Å². The number of rotatable bonds is 4. The summed E-state index contributed by atoms with van der Waals surface area (Å²) < 4.78 is 1.98. The summed E-state index contributed by atoms with van der Waals surface area (Å²) in [6, 6.07) is 0.663. The Hall–Kier alpha value is -0.870. The molecule has 1 saturated heterocycles. The van der Waals surface area contributed by atoms with Crippen molar-refractivity contribution >= 4 is 0 Å². The number of nitrogens with zero attached hydrogens (tertiary/aromatic N) is 3. The Morgan fingerprint density at radius 1 is 1.26 bits per heavy atom. The van der Waals surface area contributed by atoms with Gasteiger partial charge in [-0.2, -0.15) is 5.10 Å². The number of hydrogen-bond acceptors (Lipinski definition) is 3. The minimum atomic E-state index is 0.663. The van der Waals surface area contributed by atoms with Gasteiger partial charge in [-0.3, -0.25) is 4.68 Å². The fraction of sp³-hybridized carbons (Fsp3) is 0.800. The van der Waals surface area contributed by atoms with Gasteiger partial charge in [0.1, 0.15) is 0 Å². The fourth-order valence-electron chi connectivity index (χ4n) is 3.00. The van der Waals surface area contributed by atoms with E-state index in [0.29, 0.717) is 6.04 Å². The molecule has 0 aliphatic carbocycles. The average molecular weight is 264 g/mol. The fourth-order valence-corrected chi connectivity index (χ4v) is 3.00. The van der Waals surface area contributed by atoms with Gasteiger partial charge < -0.3 is 10.2 Å². The zero-order chi connectivity index (χ0) is 13.8. The highest BCUT2D eigenvalue weighted by Gasteiger charge is 2.17. The van der Waals surface area contributed by atoms with Gasteiger partial charge in [-0.15, -0.1) is 0 Å². The summed E-state index contributed by atoms with van der Waals surface area (Å²) in [5.74, 6) is 0. The third-order valence-corrected chi connectivity index (χ3v) is 4.49. The quantitative estimate of drug-likeness (QED) is 0.903. The van der Waals surface area contributed by atoms with Crippen LogP contribution >= 0.6 is 0 Å². The van der Waals surface area contributed by atoms with Crippen LogP contribution in [0, 0.1) is 13.8 Å². The van der Waals surface area contributed by atoms with Gasteiger partial charge in [0, 0.05) is 30.9 Å². The van der Waals surface area contributed by atoms with Crippen LogP contribution in [0.4, 0.5) is 0 Å². The Labute approximate surface area is 117 Å². The number of hydrogen-bond donors (Lipinski definition) is 1. The molecular weight excluding hydrogens is 236 g/mol. The van der Waals surface area contributed by atoms with Crippen molar-refractivity contribution in [2.24, 2.45) is 7.05 Å². The Morgan fingerprint density at radius 2 is 2.05 bits per heavy atom. The van der Waals surface area contributed by atoms with Gasteiger partial charge in [-0.05, 0) is 52.7 Å². The van der Waals surface area contributed by atoms with E-state index in [2.05, 4.69) is 36.1 Å². The first kappa shape index (κ1) is 14.5. The summed E-state index contributed by atoms with van der Waals surface area (Å²) in [5.41, 5.74) is 3.82. The van der Waals surface area contributed by atoms with Gasteiger partial charge in [0.2, 0.25) is 0 Å². The molecule has 0 radical (unpaired) electrons. The minimum absolute atomic E-state index is 0.663. The summed E-state index contributed by atoms with van der Waals surface area (Å²) in [5, 5.41) is 8.22. The van der Waals surface area contributed by atoms with Crippen LogP contribution in [-0.2, 0) is 13.6 Å². The van der Waals surface area contributed by atoms with Crippen molar-refractivity contribution in [2.75, 3.05) is 19.6 Å². The van der Waals surface area contributed by atoms with E-state index >= 15 is 0 Å². The molecule has 108 valence electrons. The predicted octanol–water partition coefficient (Wildman–Crippen LogP) is 2.00. The van der Waals surface area contributed by atoms with Crippen molar-refractivity contribution in [3.8, 4) is 0 Å². The lowest BCUT2D eigenvalue weighted by molar-refractivity contribution is 0.297. The average Bonchev–Trinajstić information content (AvgIpc) is 2.60. The Bertz CT molecular complexity index is 411. The highest BCUT2D eigenvalue weighted by atomic mass is 15.3. The molecule has 1 N–H and O–H groups in total. The van der Waals surface area contributed by atoms with E-state index in [1.165, 1.54) is 50.2 Å². The first-order valence-corrected chi connectivity index (χ1v) is 7.56. The molecule has 0 bridgehead atoms. The Morgan fingerprint density at radius 3 is 2.68 bits per heavy atom. The highest BCUT2D eigenvalue weighted by Crippen LogP contribution is 2.15. The summed E-state index contributed by atoms with van der Waals surface area (Å²) in [4.78, 5) is 2.56. The van der Waals surface area contributed by atoms with E-state index in [1.807, 2.05) is 11.7 Å². The highest BCUT2D eigenvalue weighted by molar-refractivity contribution is 5.24. The summed E-state index contributed by atoms with van der Waals surface area (Å²) in [6.07, 6.45) is 3.89. The van der Waals surface area contributed by atoms with Crippen molar-refractivity contribution in [2.45, 2.75) is 52.6 Å². The molecule has 4 heteroatoms. The topological polar surface area (TPSA) is 33.1 Å². The first-order chi connectivity index (χ1) is 9.11. The van der Waals surface area contributed by atoms with Crippen molar-refractivity contribution in [1.29, 1.82) is 0 Å². The summed E-state index contributed by atoms with van der Waals surface area (Å²) in [6.45, 7) is 11.2. The predicted molar refractivity (Wildman–Crippen MR) is 79.3 cm³/mol. The van der Waals surface area contributed by atoms with E-state index in [9.17, 15) is 0 Å². The van der Waals surface area contributed by atoms with E-state index in [4.69, 9.17) is 0 Å². The van der Waals surface area contributed by atoms with Crippen LogP contribution in [0.5, 0.6) is 0 Å². The number of aryl methyl sites for hydroxylation is 2. The molecule has 1 unspecified atom stereocenters. The molecule has 0 saturated carbocycles. The summed E-state index contributed by atoms with van der Waals surface area (Å²) >= 11 is 0. The normalized spacial score (nSPS) is 21.6. The van der Waals surface area contributed by atoms with Crippen LogP contribution in [-0.4, -0.2) is 40.4 Å². The molecule has 4 nitrogen and oxygen atoms in total. The number of nitrogens with one attached hydrogen (secondary N) is 1. The molecule has 0 aromatic carbocycles. The van der Waals surface area contributed by atoms with Gasteiger partial charge in [0.05, 0.1) is 5.69 Å². The van der Waals surface area contributed by atoms with Gasteiger partial charge in [-0.25, -0.2) is 0 Å². The molecule has 2 heterocycles. The van der Waals surface area contributed by atoms with Crippen molar-refractivity contribution in [3.05, 3.63) is 17.0 Å². The molecule has 1 atom stereocenters. The zero-order valence-electron chi connectivity index (χ0n) is 12.9. The molecular formula is C15H28N4. The van der Waals surface area contributed by atoms with E-state index in [0.717, 1.165) is 12.2 Å². The number of aromatic nitrogens is 2. The zero-order valence-corrected chi connectivity index (χ0v) is 12.9. The molecule has 1 aliphatic heterocycles. The SMILES string of the molecule is CCN1CCCC(NCc2c(C)nn(C)c2C)CC1. The van der Waals surface area contributed by atoms with E-state index in [1.54, 1.807) is 0 Å². The Balaban J connectivity index is 1.88. The third-order valence-electron chi connectivity index (χ3n) is 4.49. The van der Waals surface area contributed by atoms with Crippen LogP contribution in [0.1, 0.15) is 43.1 Å². The lowest BCUT2D eigenvalue weighted by Crippen LogP contribution is -2.30. The molecule has 1 aliphatic rings. The van der Waals surface area contributed by atoms with Gasteiger partial charge in [-0.1, -0.05) is 6.92 Å². The minimum Gasteiger partial charge on any atom is -0.310 e. The van der Waals surface area contributed by atoms with Gasteiger partial charge in [0.25, 0.3) is 0 Å². The van der Waals surface area contributed by atoms with Gasteiger partial charge >= 0.3 is 0 Å². The van der Waals surface area contributed by atoms with E-state index in [-0.39, 0.29) is 0 Å². The maximum atomic E-state index is 4.49. The second-order valence-electron chi connectivity index (χ2n) is 5.72. The lowest BCUT2D eigenvalue weighted by atomic mass is 10.1. The second-order valence-corrected chi connectivity index (χ2v) is 5.72. The van der Waals surface area contributed by atoms with Gasteiger partial charge in [0.15, 0.2) is 0 Å². The largest absolute Gasteiger partial charge is 0.310 e. The molecule has 19 heavy (non-hydrogen) atoms. The molecule has 0 spiro atoms. The molecule has 0 amide bonds. The van der Waals surface area contributed by atoms with Crippen LogP contribution in [0.25, 0.3) is 0 Å². The molecule has 1 aromatic heterocycles. The lowest BCUT2D eigenvalue weighted by Gasteiger charge is -2.18. The van der Waals surface area contributed by atoms with Crippen molar-refractivity contribution in [1.82, 2.24) is 20.0 Å². The molecule has 1 fully saturated rings. The smallest absolute Gasteiger partial charge is 0.0641 e. The third kappa shape index (κ3) is 3.57. The Kier molecular flexibility index (Phi) is 4.99.